The molecule has 0 bridgehead atoms. The van der Waals surface area contributed by atoms with Crippen molar-refractivity contribution >= 4 is 29.3 Å². The number of halogens is 1. The number of amides is 3. The molecule has 1 heterocycles. The van der Waals surface area contributed by atoms with Crippen LogP contribution in [0.2, 0.25) is 5.02 Å². The molecular formula is C30H36ClN3O3. The van der Waals surface area contributed by atoms with Crippen LogP contribution < -0.4 is 5.32 Å². The summed E-state index contributed by atoms with van der Waals surface area (Å²) >= 11 is 6.11. The van der Waals surface area contributed by atoms with Crippen LogP contribution in [-0.4, -0.2) is 52.7 Å². The SMILES string of the molecule is O=C(NC1CCCC[C@H]1N(Cc1ccc(Cl)cc1)C(=O)c1ccccc1)C1CCCN(C(=O)C2CC2)C1. The van der Waals surface area contributed by atoms with Crippen LogP contribution in [0.25, 0.3) is 0 Å². The normalized spacial score (nSPS) is 23.8. The average Bonchev–Trinajstić information content (AvgIpc) is 3.79. The van der Waals surface area contributed by atoms with Crippen molar-refractivity contribution < 1.29 is 14.4 Å². The number of piperidine rings is 1. The first-order chi connectivity index (χ1) is 18.0. The summed E-state index contributed by atoms with van der Waals surface area (Å²) in [4.78, 5) is 43.7. The Morgan fingerprint density at radius 2 is 1.59 bits per heavy atom. The number of benzene rings is 2. The van der Waals surface area contributed by atoms with Gasteiger partial charge >= 0.3 is 0 Å². The van der Waals surface area contributed by atoms with E-state index in [-0.39, 0.29) is 41.6 Å². The van der Waals surface area contributed by atoms with E-state index in [1.165, 1.54) is 0 Å². The lowest BCUT2D eigenvalue weighted by Gasteiger charge is -2.41. The van der Waals surface area contributed by atoms with Crippen LogP contribution >= 0.6 is 11.6 Å². The Hall–Kier alpha value is -2.86. The van der Waals surface area contributed by atoms with Crippen LogP contribution in [0, 0.1) is 11.8 Å². The molecule has 2 saturated carbocycles. The Morgan fingerprint density at radius 1 is 0.865 bits per heavy atom. The van der Waals surface area contributed by atoms with Crippen molar-refractivity contribution in [2.75, 3.05) is 13.1 Å². The second-order valence-electron chi connectivity index (χ2n) is 10.8. The standard InChI is InChI=1S/C30H36ClN3O3/c31-25-16-12-21(13-17-25)19-34(30(37)22-7-2-1-3-8-22)27-11-5-4-10-26(27)32-28(35)24-9-6-18-33(20-24)29(36)23-14-15-23/h1-3,7-8,12-13,16-17,23-24,26-27H,4-6,9-11,14-15,18-20H2,(H,32,35)/t24?,26?,27-/m1/s1. The first-order valence-corrected chi connectivity index (χ1v) is 14.1. The van der Waals surface area contributed by atoms with Gasteiger partial charge in [0.2, 0.25) is 11.8 Å². The molecule has 2 aromatic carbocycles. The van der Waals surface area contributed by atoms with E-state index in [2.05, 4.69) is 5.32 Å². The van der Waals surface area contributed by atoms with E-state index in [0.29, 0.717) is 23.7 Å². The number of hydrogen-bond donors (Lipinski definition) is 1. The number of nitrogens with zero attached hydrogens (tertiary/aromatic N) is 2. The lowest BCUT2D eigenvalue weighted by atomic mass is 9.87. The fourth-order valence-electron chi connectivity index (χ4n) is 5.81. The van der Waals surface area contributed by atoms with Gasteiger partial charge in [-0.25, -0.2) is 0 Å². The van der Waals surface area contributed by atoms with E-state index in [4.69, 9.17) is 11.6 Å². The van der Waals surface area contributed by atoms with Crippen LogP contribution in [0.1, 0.15) is 67.3 Å². The largest absolute Gasteiger partial charge is 0.351 e. The van der Waals surface area contributed by atoms with E-state index in [0.717, 1.165) is 63.5 Å². The van der Waals surface area contributed by atoms with Gasteiger partial charge in [-0.3, -0.25) is 14.4 Å². The van der Waals surface area contributed by atoms with Crippen molar-refractivity contribution in [2.45, 2.75) is 70.0 Å². The highest BCUT2D eigenvalue weighted by atomic mass is 35.5. The van der Waals surface area contributed by atoms with Crippen molar-refractivity contribution in [3.63, 3.8) is 0 Å². The second kappa shape index (κ2) is 11.7. The summed E-state index contributed by atoms with van der Waals surface area (Å²) in [5.41, 5.74) is 1.65. The molecule has 0 radical (unpaired) electrons. The summed E-state index contributed by atoms with van der Waals surface area (Å²) in [6.45, 7) is 1.72. The highest BCUT2D eigenvalue weighted by Crippen LogP contribution is 2.33. The van der Waals surface area contributed by atoms with Gasteiger partial charge in [0.15, 0.2) is 0 Å². The molecule has 0 aromatic heterocycles. The third-order valence-electron chi connectivity index (χ3n) is 8.04. The Morgan fingerprint density at radius 3 is 2.32 bits per heavy atom. The smallest absolute Gasteiger partial charge is 0.254 e. The van der Waals surface area contributed by atoms with Gasteiger partial charge in [0, 0.05) is 42.2 Å². The van der Waals surface area contributed by atoms with Crippen molar-refractivity contribution in [3.05, 3.63) is 70.7 Å². The Balaban J connectivity index is 1.33. The zero-order valence-corrected chi connectivity index (χ0v) is 22.0. The molecular weight excluding hydrogens is 486 g/mol. The number of carbonyl (C=O) groups is 3. The van der Waals surface area contributed by atoms with Gasteiger partial charge in [-0.2, -0.15) is 0 Å². The van der Waals surface area contributed by atoms with E-state index in [1.54, 1.807) is 0 Å². The molecule has 2 aliphatic carbocycles. The predicted octanol–water partition coefficient (Wildman–Crippen LogP) is 5.06. The lowest BCUT2D eigenvalue weighted by Crippen LogP contribution is -2.56. The molecule has 2 aromatic rings. The summed E-state index contributed by atoms with van der Waals surface area (Å²) in [6.07, 6.45) is 7.34. The molecule has 6 nitrogen and oxygen atoms in total. The van der Waals surface area contributed by atoms with Crippen LogP contribution in [0.3, 0.4) is 0 Å². The van der Waals surface area contributed by atoms with E-state index >= 15 is 0 Å². The van der Waals surface area contributed by atoms with Crippen LogP contribution in [0.4, 0.5) is 0 Å². The fourth-order valence-corrected chi connectivity index (χ4v) is 5.93. The third-order valence-corrected chi connectivity index (χ3v) is 8.29. The highest BCUT2D eigenvalue weighted by Gasteiger charge is 2.39. The zero-order chi connectivity index (χ0) is 25.8. The van der Waals surface area contributed by atoms with E-state index in [1.807, 2.05) is 64.4 Å². The number of carbonyl (C=O) groups excluding carboxylic acids is 3. The molecule has 1 saturated heterocycles. The van der Waals surface area contributed by atoms with Crippen LogP contribution in [0.5, 0.6) is 0 Å². The molecule has 3 aliphatic rings. The van der Waals surface area contributed by atoms with Gasteiger partial charge < -0.3 is 15.1 Å². The van der Waals surface area contributed by atoms with Crippen molar-refractivity contribution in [3.8, 4) is 0 Å². The molecule has 1 aliphatic heterocycles. The quantitative estimate of drug-likeness (QED) is 0.553. The van der Waals surface area contributed by atoms with Gasteiger partial charge in [-0.05, 0) is 68.4 Å². The third kappa shape index (κ3) is 6.35. The van der Waals surface area contributed by atoms with Gasteiger partial charge in [-0.15, -0.1) is 0 Å². The number of nitrogens with one attached hydrogen (secondary N) is 1. The molecule has 1 N–H and O–H groups in total. The molecule has 7 heteroatoms. The predicted molar refractivity (Wildman–Crippen MR) is 144 cm³/mol. The number of hydrogen-bond acceptors (Lipinski definition) is 3. The number of likely N-dealkylation sites (tertiary alicyclic amines) is 1. The average molecular weight is 522 g/mol. The molecule has 37 heavy (non-hydrogen) atoms. The van der Waals surface area contributed by atoms with Gasteiger partial charge in [-0.1, -0.05) is 54.8 Å². The van der Waals surface area contributed by atoms with Crippen LogP contribution in [0.15, 0.2) is 54.6 Å². The van der Waals surface area contributed by atoms with E-state index < -0.39 is 0 Å². The Kier molecular flexibility index (Phi) is 8.14. The minimum atomic E-state index is -0.187. The number of rotatable bonds is 7. The maximum Gasteiger partial charge on any atom is 0.254 e. The Bertz CT molecular complexity index is 1100. The first kappa shape index (κ1) is 25.8. The second-order valence-corrected chi connectivity index (χ2v) is 11.2. The zero-order valence-electron chi connectivity index (χ0n) is 21.3. The minimum absolute atomic E-state index is 0.0174. The maximum absolute atomic E-state index is 13.8. The molecule has 5 rings (SSSR count). The van der Waals surface area contributed by atoms with Crippen molar-refractivity contribution in [2.24, 2.45) is 11.8 Å². The van der Waals surface area contributed by atoms with Gasteiger partial charge in [0.25, 0.3) is 5.91 Å². The minimum Gasteiger partial charge on any atom is -0.351 e. The van der Waals surface area contributed by atoms with E-state index in [9.17, 15) is 14.4 Å². The molecule has 3 fully saturated rings. The molecule has 3 amide bonds. The summed E-state index contributed by atoms with van der Waals surface area (Å²) in [5.74, 6) is 0.198. The summed E-state index contributed by atoms with van der Waals surface area (Å²) in [6, 6.07) is 16.8. The van der Waals surface area contributed by atoms with Gasteiger partial charge in [0.05, 0.1) is 12.0 Å². The molecule has 3 atom stereocenters. The first-order valence-electron chi connectivity index (χ1n) is 13.7. The highest BCUT2D eigenvalue weighted by molar-refractivity contribution is 6.30. The lowest BCUT2D eigenvalue weighted by molar-refractivity contribution is -0.137. The Labute approximate surface area is 224 Å². The van der Waals surface area contributed by atoms with Crippen molar-refractivity contribution in [1.29, 1.82) is 0 Å². The van der Waals surface area contributed by atoms with Crippen molar-refractivity contribution in [1.82, 2.24) is 15.1 Å². The van der Waals surface area contributed by atoms with Gasteiger partial charge in [0.1, 0.15) is 0 Å². The topological polar surface area (TPSA) is 69.7 Å². The summed E-state index contributed by atoms with van der Waals surface area (Å²) in [5, 5.41) is 3.99. The molecule has 2 unspecified atom stereocenters. The summed E-state index contributed by atoms with van der Waals surface area (Å²) < 4.78 is 0. The fraction of sp³-hybridized carbons (Fsp3) is 0.500. The molecule has 0 spiro atoms. The molecule has 196 valence electrons. The van der Waals surface area contributed by atoms with Crippen LogP contribution in [-0.2, 0) is 16.1 Å². The monoisotopic (exact) mass is 521 g/mol. The summed E-state index contributed by atoms with van der Waals surface area (Å²) in [7, 11) is 0. The maximum atomic E-state index is 13.8.